The Morgan fingerprint density at radius 2 is 1.82 bits per heavy atom. The largest absolute Gasteiger partial charge is 0.463 e. The molecule has 28 heavy (non-hydrogen) atoms. The SMILES string of the molecule is CC(=O)O[C@H]1C(=O)[C@H]2C(C)(C)CCC[C@]2(C)[C@@]2(CC[C@]3(COC(=O)C3)O2)[C@H]1C. The highest BCUT2D eigenvalue weighted by Gasteiger charge is 2.73. The second kappa shape index (κ2) is 6.04. The first kappa shape index (κ1) is 19.9. The van der Waals surface area contributed by atoms with Crippen LogP contribution in [-0.2, 0) is 28.6 Å². The number of carbonyl (C=O) groups is 3. The summed E-state index contributed by atoms with van der Waals surface area (Å²) in [5, 5.41) is 0. The maximum Gasteiger partial charge on any atom is 0.308 e. The summed E-state index contributed by atoms with van der Waals surface area (Å²) in [5.41, 5.74) is -1.78. The summed E-state index contributed by atoms with van der Waals surface area (Å²) in [6, 6.07) is 0. The van der Waals surface area contributed by atoms with Gasteiger partial charge in [0.25, 0.3) is 0 Å². The topological polar surface area (TPSA) is 78.9 Å². The number of ether oxygens (including phenoxy) is 3. The molecule has 6 nitrogen and oxygen atoms in total. The van der Waals surface area contributed by atoms with Crippen molar-refractivity contribution in [3.8, 4) is 0 Å². The maximum atomic E-state index is 13.6. The highest BCUT2D eigenvalue weighted by Crippen LogP contribution is 2.67. The predicted molar refractivity (Wildman–Crippen MR) is 100 cm³/mol. The Morgan fingerprint density at radius 3 is 2.43 bits per heavy atom. The van der Waals surface area contributed by atoms with E-state index in [0.717, 1.165) is 32.1 Å². The van der Waals surface area contributed by atoms with Gasteiger partial charge >= 0.3 is 11.9 Å². The molecule has 0 unspecified atom stereocenters. The van der Waals surface area contributed by atoms with E-state index in [1.165, 1.54) is 6.92 Å². The highest BCUT2D eigenvalue weighted by molar-refractivity contribution is 5.90. The van der Waals surface area contributed by atoms with E-state index in [1.54, 1.807) is 0 Å². The third kappa shape index (κ3) is 2.52. The summed E-state index contributed by atoms with van der Waals surface area (Å²) in [6.45, 7) is 10.1. The van der Waals surface area contributed by atoms with Crippen LogP contribution < -0.4 is 0 Å². The number of carbonyl (C=O) groups excluding carboxylic acids is 3. The van der Waals surface area contributed by atoms with Gasteiger partial charge in [-0.1, -0.05) is 34.1 Å². The van der Waals surface area contributed by atoms with E-state index in [0.29, 0.717) is 0 Å². The zero-order valence-electron chi connectivity index (χ0n) is 17.6. The Morgan fingerprint density at radius 1 is 1.11 bits per heavy atom. The van der Waals surface area contributed by atoms with Gasteiger partial charge in [0, 0.05) is 24.2 Å². The quantitative estimate of drug-likeness (QED) is 0.638. The van der Waals surface area contributed by atoms with Gasteiger partial charge in [-0.15, -0.1) is 0 Å². The highest BCUT2D eigenvalue weighted by atomic mass is 16.6. The van der Waals surface area contributed by atoms with Crippen molar-refractivity contribution in [2.75, 3.05) is 6.61 Å². The second-order valence-corrected chi connectivity index (χ2v) is 10.4. The van der Waals surface area contributed by atoms with Gasteiger partial charge in [0.05, 0.1) is 12.0 Å². The number of fused-ring (bicyclic) bond motifs is 2. The van der Waals surface area contributed by atoms with E-state index in [4.69, 9.17) is 14.2 Å². The van der Waals surface area contributed by atoms with Gasteiger partial charge in [0.15, 0.2) is 11.9 Å². The summed E-state index contributed by atoms with van der Waals surface area (Å²) >= 11 is 0. The van der Waals surface area contributed by atoms with Crippen molar-refractivity contribution >= 4 is 17.7 Å². The van der Waals surface area contributed by atoms with E-state index in [1.807, 2.05) is 6.92 Å². The van der Waals surface area contributed by atoms with Crippen LogP contribution in [0.4, 0.5) is 0 Å². The van der Waals surface area contributed by atoms with Crippen LogP contribution in [-0.4, -0.2) is 41.6 Å². The lowest BCUT2D eigenvalue weighted by Gasteiger charge is -2.63. The maximum absolute atomic E-state index is 13.6. The van der Waals surface area contributed by atoms with E-state index in [2.05, 4.69) is 20.8 Å². The van der Waals surface area contributed by atoms with Crippen molar-refractivity contribution in [2.24, 2.45) is 22.7 Å². The first-order valence-electron chi connectivity index (χ1n) is 10.5. The Hall–Kier alpha value is -1.43. The molecular formula is C22H32O6. The Labute approximate surface area is 166 Å². The third-order valence-electron chi connectivity index (χ3n) is 8.26. The molecule has 156 valence electrons. The zero-order chi connectivity index (χ0) is 20.5. The number of Topliss-reactive ketones (excluding diaryl/α,β-unsaturated/α-hetero) is 1. The van der Waals surface area contributed by atoms with Crippen LogP contribution in [0, 0.1) is 22.7 Å². The minimum Gasteiger partial charge on any atom is -0.463 e. The van der Waals surface area contributed by atoms with Crippen molar-refractivity contribution in [3.05, 3.63) is 0 Å². The number of cyclic esters (lactones) is 1. The first-order valence-corrected chi connectivity index (χ1v) is 10.5. The number of esters is 2. The van der Waals surface area contributed by atoms with Gasteiger partial charge in [-0.25, -0.2) is 0 Å². The standard InChI is InChI=1S/C22H32O6/c1-13-17(27-14(2)23)16(25)18-19(3,4)7-6-8-20(18,5)22(13)10-9-21(28-22)11-15(24)26-12-21/h13,17-18H,6-12H2,1-5H3/t13-,17+,18-,20-,21-,22+/m0/s1. The molecule has 2 heterocycles. The van der Waals surface area contributed by atoms with Crippen molar-refractivity contribution in [1.29, 1.82) is 0 Å². The molecule has 0 amide bonds. The average molecular weight is 392 g/mol. The van der Waals surface area contributed by atoms with Crippen LogP contribution in [0.15, 0.2) is 0 Å². The lowest BCUT2D eigenvalue weighted by atomic mass is 9.43. The summed E-state index contributed by atoms with van der Waals surface area (Å²) in [5.74, 6) is -1.15. The number of ketones is 1. The molecule has 4 aliphatic rings. The van der Waals surface area contributed by atoms with Gasteiger partial charge in [-0.05, 0) is 31.1 Å². The van der Waals surface area contributed by atoms with E-state index in [-0.39, 0.29) is 47.4 Å². The Balaban J connectivity index is 1.82. The second-order valence-electron chi connectivity index (χ2n) is 10.4. The molecule has 0 bridgehead atoms. The molecule has 6 heteroatoms. The third-order valence-corrected chi connectivity index (χ3v) is 8.26. The van der Waals surface area contributed by atoms with Crippen molar-refractivity contribution in [1.82, 2.24) is 0 Å². The molecule has 2 saturated heterocycles. The van der Waals surface area contributed by atoms with Crippen molar-refractivity contribution < 1.29 is 28.6 Å². The van der Waals surface area contributed by atoms with Crippen molar-refractivity contribution in [3.63, 3.8) is 0 Å². The molecule has 0 radical (unpaired) electrons. The van der Waals surface area contributed by atoms with Crippen LogP contribution in [0.2, 0.25) is 0 Å². The fourth-order valence-electron chi connectivity index (χ4n) is 7.16. The van der Waals surface area contributed by atoms with Crippen LogP contribution in [0.1, 0.15) is 73.1 Å². The van der Waals surface area contributed by atoms with E-state index in [9.17, 15) is 14.4 Å². The fraction of sp³-hybridized carbons (Fsp3) is 0.864. The molecule has 0 aromatic rings. The molecule has 0 aromatic carbocycles. The monoisotopic (exact) mass is 392 g/mol. The van der Waals surface area contributed by atoms with Gasteiger partial charge in [-0.2, -0.15) is 0 Å². The Bertz CT molecular complexity index is 729. The van der Waals surface area contributed by atoms with Crippen LogP contribution in [0.25, 0.3) is 0 Å². The number of hydrogen-bond donors (Lipinski definition) is 0. The lowest BCUT2D eigenvalue weighted by molar-refractivity contribution is -0.257. The lowest BCUT2D eigenvalue weighted by Crippen LogP contribution is -2.70. The van der Waals surface area contributed by atoms with Gasteiger partial charge in [0.1, 0.15) is 12.2 Å². The van der Waals surface area contributed by atoms with Gasteiger partial charge in [-0.3, -0.25) is 14.4 Å². The summed E-state index contributed by atoms with van der Waals surface area (Å²) in [7, 11) is 0. The molecule has 2 saturated carbocycles. The van der Waals surface area contributed by atoms with Crippen LogP contribution in [0.5, 0.6) is 0 Å². The van der Waals surface area contributed by atoms with E-state index >= 15 is 0 Å². The predicted octanol–water partition coefficient (Wildman–Crippen LogP) is 3.20. The first-order chi connectivity index (χ1) is 13.0. The normalized spacial score (nSPS) is 47.2. The van der Waals surface area contributed by atoms with E-state index < -0.39 is 23.3 Å². The Kier molecular flexibility index (Phi) is 4.28. The smallest absolute Gasteiger partial charge is 0.308 e. The molecule has 0 N–H and O–H groups in total. The zero-order valence-corrected chi connectivity index (χ0v) is 17.6. The average Bonchev–Trinajstić information content (AvgIpc) is 3.14. The number of rotatable bonds is 1. The summed E-state index contributed by atoms with van der Waals surface area (Å²) in [4.78, 5) is 37.3. The van der Waals surface area contributed by atoms with Gasteiger partial charge in [0.2, 0.25) is 0 Å². The minimum absolute atomic E-state index is 0.0313. The van der Waals surface area contributed by atoms with Crippen LogP contribution >= 0.6 is 0 Å². The molecule has 4 fully saturated rings. The fourth-order valence-corrected chi connectivity index (χ4v) is 7.16. The summed E-state index contributed by atoms with van der Waals surface area (Å²) < 4.78 is 17.7. The molecular weight excluding hydrogens is 360 g/mol. The molecule has 2 aliphatic heterocycles. The van der Waals surface area contributed by atoms with Crippen LogP contribution in [0.3, 0.4) is 0 Å². The summed E-state index contributed by atoms with van der Waals surface area (Å²) in [6.07, 6.45) is 3.83. The minimum atomic E-state index is -0.805. The number of hydrogen-bond acceptors (Lipinski definition) is 6. The molecule has 2 aliphatic carbocycles. The molecule has 4 rings (SSSR count). The van der Waals surface area contributed by atoms with Crippen molar-refractivity contribution in [2.45, 2.75) is 90.4 Å². The molecule has 6 atom stereocenters. The molecule has 0 aromatic heterocycles. The van der Waals surface area contributed by atoms with Gasteiger partial charge < -0.3 is 14.2 Å². The molecule has 2 spiro atoms.